The summed E-state index contributed by atoms with van der Waals surface area (Å²) in [6, 6.07) is 7.68. The Morgan fingerprint density at radius 3 is 2.61 bits per heavy atom. The number of likely N-dealkylation sites (tertiary alicyclic amines) is 1. The van der Waals surface area contributed by atoms with E-state index in [4.69, 9.17) is 0 Å². The molecule has 0 amide bonds. The van der Waals surface area contributed by atoms with Gasteiger partial charge in [-0.3, -0.25) is 0 Å². The summed E-state index contributed by atoms with van der Waals surface area (Å²) in [5.74, 6) is -0.121. The lowest BCUT2D eigenvalue weighted by molar-refractivity contribution is 0.220. The molecule has 0 spiro atoms. The van der Waals surface area contributed by atoms with Gasteiger partial charge in [0.2, 0.25) is 0 Å². The molecule has 3 rings (SSSR count). The topological polar surface area (TPSA) is 15.3 Å². The summed E-state index contributed by atoms with van der Waals surface area (Å²) in [5.41, 5.74) is 1.20. The fourth-order valence-electron chi connectivity index (χ4n) is 2.97. The summed E-state index contributed by atoms with van der Waals surface area (Å²) in [4.78, 5) is 2.37. The molecule has 2 nitrogen and oxygen atoms in total. The molecule has 3 heteroatoms. The summed E-state index contributed by atoms with van der Waals surface area (Å²) < 4.78 is 13.3. The molecule has 18 heavy (non-hydrogen) atoms. The van der Waals surface area contributed by atoms with Crippen molar-refractivity contribution in [2.75, 3.05) is 20.1 Å². The first-order chi connectivity index (χ1) is 8.68. The first kappa shape index (κ1) is 12.1. The highest BCUT2D eigenvalue weighted by molar-refractivity contribution is 5.30. The van der Waals surface area contributed by atoms with E-state index in [-0.39, 0.29) is 11.4 Å². The molecule has 1 aliphatic carbocycles. The van der Waals surface area contributed by atoms with Crippen molar-refractivity contribution in [3.05, 3.63) is 35.6 Å². The van der Waals surface area contributed by atoms with E-state index in [9.17, 15) is 4.39 Å². The molecule has 98 valence electrons. The maximum Gasteiger partial charge on any atom is 0.123 e. The molecule has 0 bridgehead atoms. The van der Waals surface area contributed by atoms with E-state index >= 15 is 0 Å². The lowest BCUT2D eigenvalue weighted by atomic mass is 9.99. The number of hydrogen-bond donors (Lipinski definition) is 1. The lowest BCUT2D eigenvalue weighted by Gasteiger charge is -2.33. The van der Waals surface area contributed by atoms with Gasteiger partial charge >= 0.3 is 0 Å². The quantitative estimate of drug-likeness (QED) is 0.884. The number of nitrogens with one attached hydrogen (secondary N) is 1. The van der Waals surface area contributed by atoms with Crippen LogP contribution in [0.5, 0.6) is 0 Å². The molecule has 1 aromatic carbocycles. The van der Waals surface area contributed by atoms with Crippen LogP contribution in [0.3, 0.4) is 0 Å². The van der Waals surface area contributed by atoms with E-state index in [1.54, 1.807) is 6.07 Å². The van der Waals surface area contributed by atoms with Crippen LogP contribution in [0.15, 0.2) is 24.3 Å². The Morgan fingerprint density at radius 2 is 2.00 bits per heavy atom. The molecule has 0 radical (unpaired) electrons. The molecule has 1 aliphatic heterocycles. The fourth-order valence-corrected chi connectivity index (χ4v) is 2.97. The van der Waals surface area contributed by atoms with Gasteiger partial charge in [0.15, 0.2) is 0 Å². The van der Waals surface area contributed by atoms with E-state index in [0.29, 0.717) is 6.04 Å². The van der Waals surface area contributed by atoms with E-state index in [0.717, 1.165) is 31.5 Å². The molecule has 0 unspecified atom stereocenters. The SMILES string of the molecule is CN1CCC(NC2(c3cccc(F)c3)CC2)CC1. The van der Waals surface area contributed by atoms with E-state index in [1.807, 2.05) is 6.07 Å². The summed E-state index contributed by atoms with van der Waals surface area (Å²) in [5, 5.41) is 3.78. The van der Waals surface area contributed by atoms with Crippen molar-refractivity contribution in [3.63, 3.8) is 0 Å². The van der Waals surface area contributed by atoms with Gasteiger partial charge in [0.1, 0.15) is 5.82 Å². The maximum absolute atomic E-state index is 13.3. The monoisotopic (exact) mass is 248 g/mol. The smallest absolute Gasteiger partial charge is 0.123 e. The second-order valence-corrected chi connectivity index (χ2v) is 5.81. The Hall–Kier alpha value is -0.930. The van der Waals surface area contributed by atoms with Gasteiger partial charge in [-0.25, -0.2) is 4.39 Å². The predicted molar refractivity (Wildman–Crippen MR) is 71.0 cm³/mol. The molecule has 0 atom stereocenters. The fraction of sp³-hybridized carbons (Fsp3) is 0.600. The summed E-state index contributed by atoms with van der Waals surface area (Å²) in [7, 11) is 2.18. The molecule has 1 aromatic rings. The third kappa shape index (κ3) is 2.43. The van der Waals surface area contributed by atoms with Crippen LogP contribution in [-0.4, -0.2) is 31.1 Å². The largest absolute Gasteiger partial charge is 0.306 e. The van der Waals surface area contributed by atoms with Crippen molar-refractivity contribution in [1.29, 1.82) is 0 Å². The highest BCUT2D eigenvalue weighted by Gasteiger charge is 2.45. The van der Waals surface area contributed by atoms with Crippen LogP contribution in [0.25, 0.3) is 0 Å². The highest BCUT2D eigenvalue weighted by Crippen LogP contribution is 2.46. The second-order valence-electron chi connectivity index (χ2n) is 5.81. The highest BCUT2D eigenvalue weighted by atomic mass is 19.1. The Balaban J connectivity index is 1.68. The molecule has 2 fully saturated rings. The Labute approximate surface area is 108 Å². The zero-order valence-corrected chi connectivity index (χ0v) is 11.0. The molecule has 1 heterocycles. The number of halogens is 1. The average Bonchev–Trinajstić information content (AvgIpc) is 3.13. The van der Waals surface area contributed by atoms with Crippen LogP contribution >= 0.6 is 0 Å². The minimum Gasteiger partial charge on any atom is -0.306 e. The van der Waals surface area contributed by atoms with Crippen LogP contribution in [0.2, 0.25) is 0 Å². The van der Waals surface area contributed by atoms with Gasteiger partial charge in [0.25, 0.3) is 0 Å². The standard InChI is InChI=1S/C15H21FN2/c1-18-9-5-14(6-10-18)17-15(7-8-15)12-3-2-4-13(16)11-12/h2-4,11,14,17H,5-10H2,1H3. The molecule has 2 aliphatic rings. The molecule has 1 N–H and O–H groups in total. The van der Waals surface area contributed by atoms with Crippen LogP contribution in [0.1, 0.15) is 31.2 Å². The Bertz CT molecular complexity index is 420. The minimum atomic E-state index is -0.121. The first-order valence-electron chi connectivity index (χ1n) is 6.90. The van der Waals surface area contributed by atoms with E-state index < -0.39 is 0 Å². The number of hydrogen-bond acceptors (Lipinski definition) is 2. The number of piperidine rings is 1. The molecular formula is C15H21FN2. The van der Waals surface area contributed by atoms with Crippen LogP contribution in [-0.2, 0) is 5.54 Å². The van der Waals surface area contributed by atoms with Crippen molar-refractivity contribution in [2.24, 2.45) is 0 Å². The van der Waals surface area contributed by atoms with Crippen molar-refractivity contribution >= 4 is 0 Å². The normalized spacial score (nSPS) is 24.1. The number of rotatable bonds is 3. The third-order valence-corrected chi connectivity index (χ3v) is 4.33. The summed E-state index contributed by atoms with van der Waals surface area (Å²) in [6.07, 6.45) is 4.69. The number of nitrogens with zero attached hydrogens (tertiary/aromatic N) is 1. The van der Waals surface area contributed by atoms with Gasteiger partial charge < -0.3 is 10.2 Å². The third-order valence-electron chi connectivity index (χ3n) is 4.33. The zero-order valence-electron chi connectivity index (χ0n) is 11.0. The Kier molecular flexibility index (Phi) is 3.12. The van der Waals surface area contributed by atoms with Crippen molar-refractivity contribution in [1.82, 2.24) is 10.2 Å². The molecular weight excluding hydrogens is 227 g/mol. The predicted octanol–water partition coefficient (Wildman–Crippen LogP) is 2.50. The van der Waals surface area contributed by atoms with Crippen molar-refractivity contribution < 1.29 is 4.39 Å². The van der Waals surface area contributed by atoms with Crippen LogP contribution < -0.4 is 5.32 Å². The van der Waals surface area contributed by atoms with Crippen LogP contribution in [0.4, 0.5) is 4.39 Å². The molecule has 0 aromatic heterocycles. The van der Waals surface area contributed by atoms with E-state index in [2.05, 4.69) is 23.3 Å². The average molecular weight is 248 g/mol. The second kappa shape index (κ2) is 4.63. The van der Waals surface area contributed by atoms with Gasteiger partial charge in [0.05, 0.1) is 0 Å². The zero-order chi connectivity index (χ0) is 12.6. The van der Waals surface area contributed by atoms with E-state index in [1.165, 1.54) is 18.9 Å². The van der Waals surface area contributed by atoms with Gasteiger partial charge in [0, 0.05) is 11.6 Å². The maximum atomic E-state index is 13.3. The van der Waals surface area contributed by atoms with Gasteiger partial charge in [-0.15, -0.1) is 0 Å². The lowest BCUT2D eigenvalue weighted by Crippen LogP contribution is -2.45. The van der Waals surface area contributed by atoms with Gasteiger partial charge in [-0.2, -0.15) is 0 Å². The number of benzene rings is 1. The summed E-state index contributed by atoms with van der Waals surface area (Å²) >= 11 is 0. The van der Waals surface area contributed by atoms with Gasteiger partial charge in [-0.05, 0) is 63.5 Å². The van der Waals surface area contributed by atoms with Gasteiger partial charge in [-0.1, -0.05) is 12.1 Å². The van der Waals surface area contributed by atoms with Crippen LogP contribution in [0, 0.1) is 5.82 Å². The molecule has 1 saturated carbocycles. The first-order valence-corrected chi connectivity index (χ1v) is 6.90. The molecule has 1 saturated heterocycles. The van der Waals surface area contributed by atoms with Crippen molar-refractivity contribution in [3.8, 4) is 0 Å². The Morgan fingerprint density at radius 1 is 1.28 bits per heavy atom. The minimum absolute atomic E-state index is 0.0721. The van der Waals surface area contributed by atoms with Crippen molar-refractivity contribution in [2.45, 2.75) is 37.3 Å². The summed E-state index contributed by atoms with van der Waals surface area (Å²) in [6.45, 7) is 2.33.